The molecule has 0 saturated carbocycles. The Labute approximate surface area is 128 Å². The summed E-state index contributed by atoms with van der Waals surface area (Å²) in [6.07, 6.45) is 1.65. The van der Waals surface area contributed by atoms with Gasteiger partial charge in [-0.15, -0.1) is 12.4 Å². The van der Waals surface area contributed by atoms with Crippen molar-refractivity contribution < 1.29 is 4.79 Å². The normalized spacial score (nSPS) is 11.8. The van der Waals surface area contributed by atoms with Crippen LogP contribution in [0.2, 0.25) is 0 Å². The summed E-state index contributed by atoms with van der Waals surface area (Å²) in [5.41, 5.74) is 8.17. The second-order valence-corrected chi connectivity index (χ2v) is 5.12. The summed E-state index contributed by atoms with van der Waals surface area (Å²) in [6.45, 7) is 3.44. The number of benzene rings is 1. The maximum absolute atomic E-state index is 11.8. The number of halogens is 1. The third-order valence-corrected chi connectivity index (χ3v) is 2.99. The summed E-state index contributed by atoms with van der Waals surface area (Å²) in [5.74, 6) is -0.0680. The van der Waals surface area contributed by atoms with E-state index in [9.17, 15) is 4.79 Å². The Bertz CT molecular complexity index is 410. The Kier molecular flexibility index (Phi) is 9.21. The van der Waals surface area contributed by atoms with E-state index >= 15 is 0 Å². The van der Waals surface area contributed by atoms with Gasteiger partial charge in [0.25, 0.3) is 0 Å². The van der Waals surface area contributed by atoms with Crippen LogP contribution >= 0.6 is 12.4 Å². The zero-order chi connectivity index (χ0) is 14.3. The molecule has 0 aliphatic rings. The van der Waals surface area contributed by atoms with Crippen LogP contribution < -0.4 is 11.1 Å². The number of carbonyl (C=O) groups excluding carboxylic acids is 1. The van der Waals surface area contributed by atoms with Crippen molar-refractivity contribution in [3.8, 4) is 0 Å². The molecule has 1 unspecified atom stereocenters. The van der Waals surface area contributed by atoms with Crippen molar-refractivity contribution in [2.45, 2.75) is 38.9 Å². The van der Waals surface area contributed by atoms with Gasteiger partial charge in [-0.3, -0.25) is 4.79 Å². The number of amides is 1. The van der Waals surface area contributed by atoms with E-state index in [1.54, 1.807) is 0 Å². The van der Waals surface area contributed by atoms with E-state index in [1.165, 1.54) is 5.56 Å². The first-order valence-corrected chi connectivity index (χ1v) is 6.79. The first kappa shape index (κ1) is 18.9. The Balaban J connectivity index is 0.00000361. The molecule has 1 amide bonds. The summed E-state index contributed by atoms with van der Waals surface area (Å²) < 4.78 is 0. The summed E-state index contributed by atoms with van der Waals surface area (Å²) in [6, 6.07) is 7.75. The highest BCUT2D eigenvalue weighted by molar-refractivity contribution is 5.85. The van der Waals surface area contributed by atoms with Crippen LogP contribution in [0.3, 0.4) is 0 Å². The number of hydrogen-bond donors (Lipinski definition) is 2. The lowest BCUT2D eigenvalue weighted by Crippen LogP contribution is -2.40. The maximum Gasteiger partial charge on any atom is 0.237 e. The molecule has 1 rings (SSSR count). The van der Waals surface area contributed by atoms with E-state index in [0.717, 1.165) is 24.9 Å². The fourth-order valence-corrected chi connectivity index (χ4v) is 1.98. The first-order chi connectivity index (χ1) is 9.04. The summed E-state index contributed by atoms with van der Waals surface area (Å²) in [4.78, 5) is 13.9. The van der Waals surface area contributed by atoms with Gasteiger partial charge in [-0.05, 0) is 31.6 Å². The summed E-state index contributed by atoms with van der Waals surface area (Å²) in [7, 11) is 4.07. The van der Waals surface area contributed by atoms with Crippen molar-refractivity contribution in [3.05, 3.63) is 35.4 Å². The SMILES string of the molecule is CCCC(N)C(=O)NCc1ccccc1CN(C)C.Cl. The molecule has 0 saturated heterocycles. The largest absolute Gasteiger partial charge is 0.351 e. The average Bonchev–Trinajstić information content (AvgIpc) is 2.37. The Morgan fingerprint density at radius 2 is 1.90 bits per heavy atom. The lowest BCUT2D eigenvalue weighted by molar-refractivity contribution is -0.122. The molecule has 1 atom stereocenters. The molecule has 3 N–H and O–H groups in total. The van der Waals surface area contributed by atoms with E-state index in [1.807, 2.05) is 39.2 Å². The van der Waals surface area contributed by atoms with Gasteiger partial charge in [0, 0.05) is 13.1 Å². The van der Waals surface area contributed by atoms with Crippen molar-refractivity contribution in [1.82, 2.24) is 10.2 Å². The minimum Gasteiger partial charge on any atom is -0.351 e. The van der Waals surface area contributed by atoms with Crippen LogP contribution in [0, 0.1) is 0 Å². The number of rotatable bonds is 7. The minimum absolute atomic E-state index is 0. The molecule has 0 fully saturated rings. The van der Waals surface area contributed by atoms with Crippen molar-refractivity contribution in [3.63, 3.8) is 0 Å². The molecule has 1 aromatic rings. The molecular weight excluding hydrogens is 274 g/mol. The van der Waals surface area contributed by atoms with Crippen LogP contribution in [0.4, 0.5) is 0 Å². The van der Waals surface area contributed by atoms with Gasteiger partial charge in [0.15, 0.2) is 0 Å². The lowest BCUT2D eigenvalue weighted by Gasteiger charge is -2.16. The second kappa shape index (κ2) is 9.75. The quantitative estimate of drug-likeness (QED) is 0.808. The van der Waals surface area contributed by atoms with Crippen molar-refractivity contribution in [2.75, 3.05) is 14.1 Å². The summed E-state index contributed by atoms with van der Waals surface area (Å²) in [5, 5.41) is 2.91. The number of hydrogen-bond acceptors (Lipinski definition) is 3. The lowest BCUT2D eigenvalue weighted by atomic mass is 10.1. The molecule has 20 heavy (non-hydrogen) atoms. The molecule has 114 valence electrons. The van der Waals surface area contributed by atoms with Gasteiger partial charge in [-0.25, -0.2) is 0 Å². The smallest absolute Gasteiger partial charge is 0.237 e. The highest BCUT2D eigenvalue weighted by atomic mass is 35.5. The van der Waals surface area contributed by atoms with E-state index in [-0.39, 0.29) is 18.3 Å². The predicted molar refractivity (Wildman–Crippen MR) is 85.8 cm³/mol. The average molecular weight is 300 g/mol. The number of nitrogens with two attached hydrogens (primary N) is 1. The van der Waals surface area contributed by atoms with Crippen LogP contribution in [0.5, 0.6) is 0 Å². The topological polar surface area (TPSA) is 58.4 Å². The third-order valence-electron chi connectivity index (χ3n) is 2.99. The molecule has 0 bridgehead atoms. The Hall–Kier alpha value is -1.10. The fraction of sp³-hybridized carbons (Fsp3) is 0.533. The van der Waals surface area contributed by atoms with Crippen molar-refractivity contribution >= 4 is 18.3 Å². The minimum atomic E-state index is -0.397. The fourth-order valence-electron chi connectivity index (χ4n) is 1.98. The zero-order valence-electron chi connectivity index (χ0n) is 12.6. The highest BCUT2D eigenvalue weighted by Gasteiger charge is 2.12. The van der Waals surface area contributed by atoms with Crippen LogP contribution in [0.1, 0.15) is 30.9 Å². The van der Waals surface area contributed by atoms with Gasteiger partial charge in [-0.1, -0.05) is 37.6 Å². The van der Waals surface area contributed by atoms with Gasteiger partial charge in [0.05, 0.1) is 6.04 Å². The van der Waals surface area contributed by atoms with Crippen molar-refractivity contribution in [2.24, 2.45) is 5.73 Å². The van der Waals surface area contributed by atoms with E-state index < -0.39 is 6.04 Å². The molecule has 0 radical (unpaired) electrons. The molecule has 0 heterocycles. The molecule has 0 spiro atoms. The van der Waals surface area contributed by atoms with E-state index in [2.05, 4.69) is 16.3 Å². The highest BCUT2D eigenvalue weighted by Crippen LogP contribution is 2.10. The molecule has 0 aliphatic heterocycles. The zero-order valence-corrected chi connectivity index (χ0v) is 13.4. The standard InChI is InChI=1S/C15H25N3O.ClH/c1-4-7-14(16)15(19)17-10-12-8-5-6-9-13(12)11-18(2)3;/h5-6,8-9,14H,4,7,10-11,16H2,1-3H3,(H,17,19);1H. The molecule has 4 nitrogen and oxygen atoms in total. The molecule has 5 heteroatoms. The number of nitrogens with zero attached hydrogens (tertiary/aromatic N) is 1. The van der Waals surface area contributed by atoms with Gasteiger partial charge in [0.2, 0.25) is 5.91 Å². The van der Waals surface area contributed by atoms with Crippen LogP contribution in [0.15, 0.2) is 24.3 Å². The van der Waals surface area contributed by atoms with Crippen LogP contribution in [-0.2, 0) is 17.9 Å². The molecular formula is C15H26ClN3O. The number of carbonyl (C=O) groups is 1. The second-order valence-electron chi connectivity index (χ2n) is 5.12. The molecule has 0 aromatic heterocycles. The number of nitrogens with one attached hydrogen (secondary N) is 1. The Morgan fingerprint density at radius 3 is 2.45 bits per heavy atom. The van der Waals surface area contributed by atoms with Crippen LogP contribution in [-0.4, -0.2) is 30.9 Å². The van der Waals surface area contributed by atoms with Crippen LogP contribution in [0.25, 0.3) is 0 Å². The van der Waals surface area contributed by atoms with Gasteiger partial charge in [-0.2, -0.15) is 0 Å². The Morgan fingerprint density at radius 1 is 1.30 bits per heavy atom. The summed E-state index contributed by atoms with van der Waals surface area (Å²) >= 11 is 0. The van der Waals surface area contributed by atoms with Gasteiger partial charge >= 0.3 is 0 Å². The third kappa shape index (κ3) is 6.37. The van der Waals surface area contributed by atoms with Gasteiger partial charge < -0.3 is 16.0 Å². The molecule has 0 aliphatic carbocycles. The predicted octanol–water partition coefficient (Wildman–Crippen LogP) is 1.91. The first-order valence-electron chi connectivity index (χ1n) is 6.79. The maximum atomic E-state index is 11.8. The monoisotopic (exact) mass is 299 g/mol. The van der Waals surface area contributed by atoms with E-state index in [0.29, 0.717) is 6.54 Å². The van der Waals surface area contributed by atoms with Gasteiger partial charge in [0.1, 0.15) is 0 Å². The molecule has 1 aromatic carbocycles. The van der Waals surface area contributed by atoms with Crippen molar-refractivity contribution in [1.29, 1.82) is 0 Å². The van der Waals surface area contributed by atoms with E-state index in [4.69, 9.17) is 5.73 Å².